The van der Waals surface area contributed by atoms with Crippen molar-refractivity contribution in [1.29, 1.82) is 0 Å². The first-order chi connectivity index (χ1) is 14.4. The van der Waals surface area contributed by atoms with Gasteiger partial charge >= 0.3 is 5.97 Å². The van der Waals surface area contributed by atoms with Gasteiger partial charge in [-0.3, -0.25) is 4.79 Å². The Kier molecular flexibility index (Phi) is 9.65. The van der Waals surface area contributed by atoms with Crippen LogP contribution < -0.4 is 4.74 Å². The van der Waals surface area contributed by atoms with E-state index in [-0.39, 0.29) is 19.8 Å². The van der Waals surface area contributed by atoms with Gasteiger partial charge in [-0.25, -0.2) is 13.2 Å². The summed E-state index contributed by atoms with van der Waals surface area (Å²) in [4.78, 5) is 11.5. The number of hydrogen-bond donors (Lipinski definition) is 0. The van der Waals surface area contributed by atoms with Crippen LogP contribution in [0.15, 0.2) is 30.3 Å². The molecule has 0 unspecified atom stereocenters. The lowest BCUT2D eigenvalue weighted by Crippen LogP contribution is -2.16. The Hall–Kier alpha value is -2.56. The summed E-state index contributed by atoms with van der Waals surface area (Å²) in [7, 11) is 0. The van der Waals surface area contributed by atoms with E-state index in [9.17, 15) is 26.7 Å². The third-order valence-corrected chi connectivity index (χ3v) is 3.69. The van der Waals surface area contributed by atoms with E-state index in [0.717, 1.165) is 5.56 Å². The summed E-state index contributed by atoms with van der Waals surface area (Å²) in [5.74, 6) is -14.0. The fourth-order valence-electron chi connectivity index (χ4n) is 2.20. The van der Waals surface area contributed by atoms with Crippen LogP contribution in [0.2, 0.25) is 0 Å². The number of hydrogen-bond acceptors (Lipinski definition) is 5. The Morgan fingerprint density at radius 2 is 1.17 bits per heavy atom. The molecule has 0 N–H and O–H groups in total. The smallest absolute Gasteiger partial charge is 0.313 e. The van der Waals surface area contributed by atoms with E-state index in [1.165, 1.54) is 0 Å². The minimum atomic E-state index is -2.33. The number of esters is 1. The van der Waals surface area contributed by atoms with Crippen molar-refractivity contribution >= 4 is 5.97 Å². The third-order valence-electron chi connectivity index (χ3n) is 3.69. The second-order valence-electron chi connectivity index (χ2n) is 5.89. The average Bonchev–Trinajstić information content (AvgIpc) is 2.76. The van der Waals surface area contributed by atoms with Crippen molar-refractivity contribution in [3.63, 3.8) is 0 Å². The molecule has 2 aromatic rings. The number of ether oxygens (including phenoxy) is 4. The molecule has 0 heterocycles. The van der Waals surface area contributed by atoms with Gasteiger partial charge in [0.25, 0.3) is 0 Å². The number of carbonyl (C=O) groups excluding carboxylic acids is 1. The fraction of sp³-hybridized carbons (Fsp3) is 0.350. The van der Waals surface area contributed by atoms with E-state index in [1.807, 2.05) is 30.3 Å². The van der Waals surface area contributed by atoms with Crippen molar-refractivity contribution < 1.29 is 45.7 Å². The molecule has 0 aliphatic rings. The molecule has 0 aliphatic carbocycles. The molecule has 0 aliphatic heterocycles. The van der Waals surface area contributed by atoms with Crippen molar-refractivity contribution in [2.45, 2.75) is 13.0 Å². The number of rotatable bonds is 12. The number of carbonyl (C=O) groups is 1. The van der Waals surface area contributed by atoms with Crippen LogP contribution in [0.3, 0.4) is 0 Å². The Balaban J connectivity index is 1.56. The highest BCUT2D eigenvalue weighted by atomic mass is 19.2. The van der Waals surface area contributed by atoms with Crippen molar-refractivity contribution in [3.8, 4) is 5.75 Å². The first-order valence-electron chi connectivity index (χ1n) is 8.91. The molecule has 0 spiro atoms. The zero-order chi connectivity index (χ0) is 21.9. The molecule has 2 aromatic carbocycles. The van der Waals surface area contributed by atoms with Crippen LogP contribution in [-0.4, -0.2) is 39.0 Å². The zero-order valence-corrected chi connectivity index (χ0v) is 15.8. The molecule has 0 atom stereocenters. The maximum Gasteiger partial charge on any atom is 0.313 e. The fourth-order valence-corrected chi connectivity index (χ4v) is 2.20. The molecule has 0 saturated carbocycles. The quantitative estimate of drug-likeness (QED) is 0.127. The summed E-state index contributed by atoms with van der Waals surface area (Å²) < 4.78 is 85.8. The van der Waals surface area contributed by atoms with Crippen molar-refractivity contribution in [2.75, 3.05) is 33.0 Å². The van der Waals surface area contributed by atoms with E-state index in [0.29, 0.717) is 19.8 Å². The van der Waals surface area contributed by atoms with E-state index >= 15 is 0 Å². The minimum Gasteiger partial charge on any atom is -0.420 e. The Morgan fingerprint density at radius 3 is 1.77 bits per heavy atom. The molecule has 0 saturated heterocycles. The molecule has 164 valence electrons. The lowest BCUT2D eigenvalue weighted by Gasteiger charge is -2.09. The molecular formula is C20H19F5O5. The largest absolute Gasteiger partial charge is 0.420 e. The van der Waals surface area contributed by atoms with Gasteiger partial charge in [-0.1, -0.05) is 30.3 Å². The van der Waals surface area contributed by atoms with Gasteiger partial charge in [0.05, 0.1) is 46.1 Å². The highest BCUT2D eigenvalue weighted by Gasteiger charge is 2.28. The van der Waals surface area contributed by atoms with Crippen molar-refractivity contribution in [3.05, 3.63) is 65.0 Å². The molecule has 0 aromatic heterocycles. The maximum atomic E-state index is 13.4. The molecule has 0 radical (unpaired) electrons. The summed E-state index contributed by atoms with van der Waals surface area (Å²) in [6.07, 6.45) is -0.459. The van der Waals surface area contributed by atoms with Crippen molar-refractivity contribution in [1.82, 2.24) is 0 Å². The molecule has 30 heavy (non-hydrogen) atoms. The lowest BCUT2D eigenvalue weighted by molar-refractivity contribution is -0.136. The van der Waals surface area contributed by atoms with Crippen LogP contribution >= 0.6 is 0 Å². The summed E-state index contributed by atoms with van der Waals surface area (Å²) in [6, 6.07) is 9.60. The zero-order valence-electron chi connectivity index (χ0n) is 15.8. The highest BCUT2D eigenvalue weighted by molar-refractivity contribution is 5.72. The summed E-state index contributed by atoms with van der Waals surface area (Å²) >= 11 is 0. The average molecular weight is 434 g/mol. The first kappa shape index (κ1) is 23.7. The molecule has 0 amide bonds. The van der Waals surface area contributed by atoms with E-state index in [4.69, 9.17) is 14.2 Å². The minimum absolute atomic E-state index is 0.120. The van der Waals surface area contributed by atoms with Crippen LogP contribution in [0, 0.1) is 29.1 Å². The van der Waals surface area contributed by atoms with Gasteiger partial charge in [-0.05, 0) is 5.56 Å². The molecule has 2 rings (SSSR count). The molecular weight excluding hydrogens is 415 g/mol. The number of benzene rings is 2. The van der Waals surface area contributed by atoms with Gasteiger partial charge in [0.2, 0.25) is 34.8 Å². The van der Waals surface area contributed by atoms with Crippen LogP contribution in [0.4, 0.5) is 22.0 Å². The van der Waals surface area contributed by atoms with Crippen LogP contribution in [0.1, 0.15) is 12.0 Å². The lowest BCUT2D eigenvalue weighted by atomic mass is 10.2. The van der Waals surface area contributed by atoms with Gasteiger partial charge in [0, 0.05) is 0 Å². The van der Waals surface area contributed by atoms with Gasteiger partial charge in [0.1, 0.15) is 0 Å². The highest BCUT2D eigenvalue weighted by Crippen LogP contribution is 2.29. The monoisotopic (exact) mass is 434 g/mol. The van der Waals surface area contributed by atoms with E-state index < -0.39 is 47.2 Å². The Bertz CT molecular complexity index is 803. The molecule has 5 nitrogen and oxygen atoms in total. The van der Waals surface area contributed by atoms with Gasteiger partial charge in [-0.2, -0.15) is 8.78 Å². The van der Waals surface area contributed by atoms with Gasteiger partial charge in [0.15, 0.2) is 0 Å². The second-order valence-corrected chi connectivity index (χ2v) is 5.89. The standard InChI is InChI=1S/C20H19F5O5/c21-15-16(22)18(24)20(19(25)17(15)23)30-14(26)6-7-27-8-9-28-10-11-29-12-13-4-2-1-3-5-13/h1-5H,6-12H2. The predicted molar refractivity (Wildman–Crippen MR) is 94.2 cm³/mol. The molecule has 0 bridgehead atoms. The Morgan fingerprint density at radius 1 is 0.667 bits per heavy atom. The topological polar surface area (TPSA) is 54.0 Å². The maximum absolute atomic E-state index is 13.4. The SMILES string of the molecule is O=C(CCOCCOCCOCc1ccccc1)Oc1c(F)c(F)c(F)c(F)c1F. The van der Waals surface area contributed by atoms with Gasteiger partial charge < -0.3 is 18.9 Å². The van der Waals surface area contributed by atoms with Crippen LogP contribution in [-0.2, 0) is 25.6 Å². The third kappa shape index (κ3) is 7.05. The van der Waals surface area contributed by atoms with E-state index in [1.54, 1.807) is 0 Å². The normalized spacial score (nSPS) is 11.0. The van der Waals surface area contributed by atoms with Crippen molar-refractivity contribution in [2.24, 2.45) is 0 Å². The van der Waals surface area contributed by atoms with Crippen LogP contribution in [0.25, 0.3) is 0 Å². The number of halogens is 5. The summed E-state index contributed by atoms with van der Waals surface area (Å²) in [6.45, 7) is 1.31. The Labute approximate surface area is 169 Å². The summed E-state index contributed by atoms with van der Waals surface area (Å²) in [5.41, 5.74) is 1.04. The van der Waals surface area contributed by atoms with Gasteiger partial charge in [-0.15, -0.1) is 0 Å². The first-order valence-corrected chi connectivity index (χ1v) is 8.91. The second kappa shape index (κ2) is 12.2. The molecule has 10 heteroatoms. The predicted octanol–water partition coefficient (Wildman–Crippen LogP) is 3.93. The van der Waals surface area contributed by atoms with E-state index in [2.05, 4.69) is 4.74 Å². The molecule has 0 fully saturated rings. The summed E-state index contributed by atoms with van der Waals surface area (Å²) in [5, 5.41) is 0. The van der Waals surface area contributed by atoms with Crippen LogP contribution in [0.5, 0.6) is 5.75 Å².